The first-order valence-electron chi connectivity index (χ1n) is 5.57. The highest BCUT2D eigenvalue weighted by molar-refractivity contribution is 5.90. The average molecular weight is 227 g/mol. The van der Waals surface area contributed by atoms with Crippen molar-refractivity contribution in [1.82, 2.24) is 15.0 Å². The monoisotopic (exact) mass is 227 g/mol. The molecule has 0 saturated carbocycles. The fourth-order valence-electron chi connectivity index (χ4n) is 1.66. The van der Waals surface area contributed by atoms with Crippen LogP contribution in [0.15, 0.2) is 41.6 Å². The highest BCUT2D eigenvalue weighted by atomic mass is 16.1. The number of hydrogen-bond donors (Lipinski definition) is 1. The number of nitrogens with zero attached hydrogens (tertiary/aromatic N) is 2. The van der Waals surface area contributed by atoms with Crippen molar-refractivity contribution in [3.63, 3.8) is 0 Å². The molecule has 1 N–H and O–H groups in total. The minimum absolute atomic E-state index is 0.0278. The zero-order valence-corrected chi connectivity index (χ0v) is 9.77. The number of hydrogen-bond acceptors (Lipinski definition) is 3. The topological polar surface area (TPSA) is 58.6 Å². The number of rotatable bonds is 0. The molecule has 2 aromatic heterocycles. The molecule has 4 nitrogen and oxygen atoms in total. The van der Waals surface area contributed by atoms with Crippen LogP contribution in [0.4, 0.5) is 0 Å². The summed E-state index contributed by atoms with van der Waals surface area (Å²) in [4.78, 5) is 23.0. The maximum absolute atomic E-state index is 12.0. The van der Waals surface area contributed by atoms with Crippen LogP contribution >= 0.6 is 0 Å². The third-order valence-corrected chi connectivity index (χ3v) is 2.38. The van der Waals surface area contributed by atoms with Crippen molar-refractivity contribution in [2.45, 2.75) is 13.8 Å². The zero-order valence-electron chi connectivity index (χ0n) is 9.77. The van der Waals surface area contributed by atoms with E-state index in [4.69, 9.17) is 0 Å². The molecule has 0 spiro atoms. The standard InChI is InChI=1S/C11H7N3O.C2H6/c15-10-7-3-1-2-4-9(7)14-11-8(10)5-12-6-13-11;1-2/h1-6H,(H,12,13,14,15);1-2H3. The van der Waals surface area contributed by atoms with Gasteiger partial charge in [0, 0.05) is 11.6 Å². The summed E-state index contributed by atoms with van der Waals surface area (Å²) in [6, 6.07) is 7.37. The second-order valence-electron chi connectivity index (χ2n) is 3.28. The molecular weight excluding hydrogens is 214 g/mol. The van der Waals surface area contributed by atoms with Crippen molar-refractivity contribution >= 4 is 21.9 Å². The summed E-state index contributed by atoms with van der Waals surface area (Å²) in [5, 5.41) is 1.19. The molecule has 86 valence electrons. The molecule has 3 aromatic rings. The molecule has 3 rings (SSSR count). The van der Waals surface area contributed by atoms with Crippen molar-refractivity contribution in [2.24, 2.45) is 0 Å². The van der Waals surface area contributed by atoms with Crippen LogP contribution in [0.5, 0.6) is 0 Å². The van der Waals surface area contributed by atoms with Crippen LogP contribution < -0.4 is 5.43 Å². The second-order valence-corrected chi connectivity index (χ2v) is 3.28. The summed E-state index contributed by atoms with van der Waals surface area (Å²) in [7, 11) is 0. The normalized spacial score (nSPS) is 10.0. The summed E-state index contributed by atoms with van der Waals surface area (Å²) in [6.07, 6.45) is 2.96. The van der Waals surface area contributed by atoms with E-state index in [0.717, 1.165) is 5.52 Å². The molecule has 1 aromatic carbocycles. The van der Waals surface area contributed by atoms with Gasteiger partial charge in [0.1, 0.15) is 12.0 Å². The van der Waals surface area contributed by atoms with Gasteiger partial charge in [-0.15, -0.1) is 0 Å². The lowest BCUT2D eigenvalue weighted by Gasteiger charge is -1.99. The third kappa shape index (κ3) is 1.89. The van der Waals surface area contributed by atoms with E-state index in [2.05, 4.69) is 15.0 Å². The molecule has 2 heterocycles. The van der Waals surface area contributed by atoms with Gasteiger partial charge in [-0.25, -0.2) is 9.97 Å². The second kappa shape index (κ2) is 4.74. The molecule has 0 bridgehead atoms. The Morgan fingerprint density at radius 2 is 1.88 bits per heavy atom. The number of para-hydroxylation sites is 1. The Bertz CT molecular complexity index is 646. The van der Waals surface area contributed by atoms with E-state index in [1.807, 2.05) is 32.0 Å². The molecule has 0 amide bonds. The van der Waals surface area contributed by atoms with Crippen LogP contribution in [-0.4, -0.2) is 15.0 Å². The van der Waals surface area contributed by atoms with Crippen LogP contribution in [0, 0.1) is 0 Å². The van der Waals surface area contributed by atoms with Gasteiger partial charge < -0.3 is 4.98 Å². The number of aromatic amines is 1. The number of aromatic nitrogens is 3. The highest BCUT2D eigenvalue weighted by Crippen LogP contribution is 2.10. The van der Waals surface area contributed by atoms with Crippen LogP contribution in [0.2, 0.25) is 0 Å². The predicted octanol–water partition coefficient (Wildman–Crippen LogP) is 2.50. The minimum atomic E-state index is -0.0278. The van der Waals surface area contributed by atoms with Crippen molar-refractivity contribution in [1.29, 1.82) is 0 Å². The van der Waals surface area contributed by atoms with Gasteiger partial charge in [0.2, 0.25) is 0 Å². The van der Waals surface area contributed by atoms with E-state index >= 15 is 0 Å². The zero-order chi connectivity index (χ0) is 12.3. The molecular formula is C13H13N3O. The van der Waals surface area contributed by atoms with E-state index in [1.165, 1.54) is 12.5 Å². The average Bonchev–Trinajstić information content (AvgIpc) is 2.41. The molecule has 4 heteroatoms. The lowest BCUT2D eigenvalue weighted by atomic mass is 10.2. The summed E-state index contributed by atoms with van der Waals surface area (Å²) in [5.74, 6) is 0. The minimum Gasteiger partial charge on any atom is -0.339 e. The van der Waals surface area contributed by atoms with Crippen LogP contribution in [0.25, 0.3) is 21.9 Å². The lowest BCUT2D eigenvalue weighted by molar-refractivity contribution is 1.19. The van der Waals surface area contributed by atoms with Crippen LogP contribution in [0.3, 0.4) is 0 Å². The number of nitrogens with one attached hydrogen (secondary N) is 1. The number of pyridine rings is 1. The molecule has 0 aliphatic carbocycles. The van der Waals surface area contributed by atoms with Crippen molar-refractivity contribution in [3.8, 4) is 0 Å². The number of benzene rings is 1. The van der Waals surface area contributed by atoms with Gasteiger partial charge in [-0.05, 0) is 12.1 Å². The van der Waals surface area contributed by atoms with Crippen LogP contribution in [-0.2, 0) is 0 Å². The van der Waals surface area contributed by atoms with Crippen molar-refractivity contribution in [2.75, 3.05) is 0 Å². The van der Waals surface area contributed by atoms with E-state index in [1.54, 1.807) is 6.07 Å². The maximum atomic E-state index is 12.0. The maximum Gasteiger partial charge on any atom is 0.200 e. The van der Waals surface area contributed by atoms with E-state index < -0.39 is 0 Å². The smallest absolute Gasteiger partial charge is 0.200 e. The molecule has 0 unspecified atom stereocenters. The molecule has 0 aliphatic heterocycles. The summed E-state index contributed by atoms with van der Waals surface area (Å²) < 4.78 is 0. The summed E-state index contributed by atoms with van der Waals surface area (Å²) in [5.41, 5.74) is 1.35. The first kappa shape index (κ1) is 11.3. The van der Waals surface area contributed by atoms with Gasteiger partial charge >= 0.3 is 0 Å². The van der Waals surface area contributed by atoms with Gasteiger partial charge in [-0.2, -0.15) is 0 Å². The Kier molecular flexibility index (Phi) is 3.14. The lowest BCUT2D eigenvalue weighted by Crippen LogP contribution is -2.05. The Balaban J connectivity index is 0.000000514. The highest BCUT2D eigenvalue weighted by Gasteiger charge is 2.04. The van der Waals surface area contributed by atoms with Gasteiger partial charge in [0.15, 0.2) is 5.43 Å². The fraction of sp³-hybridized carbons (Fsp3) is 0.154. The Hall–Kier alpha value is -2.23. The Morgan fingerprint density at radius 3 is 2.71 bits per heavy atom. The fourth-order valence-corrected chi connectivity index (χ4v) is 1.66. The van der Waals surface area contributed by atoms with Crippen molar-refractivity contribution < 1.29 is 0 Å². The molecule has 0 aliphatic rings. The van der Waals surface area contributed by atoms with Gasteiger partial charge in [-0.1, -0.05) is 26.0 Å². The van der Waals surface area contributed by atoms with Gasteiger partial charge in [0.25, 0.3) is 0 Å². The number of H-pyrrole nitrogens is 1. The summed E-state index contributed by atoms with van der Waals surface area (Å²) >= 11 is 0. The first-order valence-corrected chi connectivity index (χ1v) is 5.57. The largest absolute Gasteiger partial charge is 0.339 e. The van der Waals surface area contributed by atoms with E-state index in [0.29, 0.717) is 16.4 Å². The number of fused-ring (bicyclic) bond motifs is 2. The van der Waals surface area contributed by atoms with E-state index in [-0.39, 0.29) is 5.43 Å². The third-order valence-electron chi connectivity index (χ3n) is 2.38. The SMILES string of the molecule is CC.O=c1c2ccccc2[nH]c2ncncc12. The molecule has 17 heavy (non-hydrogen) atoms. The van der Waals surface area contributed by atoms with Gasteiger partial charge in [-0.3, -0.25) is 4.79 Å². The molecule has 0 atom stereocenters. The Morgan fingerprint density at radius 1 is 1.12 bits per heavy atom. The quantitative estimate of drug-likeness (QED) is 0.600. The molecule has 0 saturated heterocycles. The predicted molar refractivity (Wildman–Crippen MR) is 69.0 cm³/mol. The first-order chi connectivity index (χ1) is 8.36. The Labute approximate surface area is 98.4 Å². The molecule has 0 fully saturated rings. The van der Waals surface area contributed by atoms with Gasteiger partial charge in [0.05, 0.1) is 10.9 Å². The van der Waals surface area contributed by atoms with E-state index in [9.17, 15) is 4.79 Å². The summed E-state index contributed by atoms with van der Waals surface area (Å²) in [6.45, 7) is 4.00. The van der Waals surface area contributed by atoms with Crippen molar-refractivity contribution in [3.05, 3.63) is 47.0 Å². The van der Waals surface area contributed by atoms with Crippen LogP contribution in [0.1, 0.15) is 13.8 Å². The molecule has 0 radical (unpaired) electrons.